The molecule has 0 heterocycles. The molecule has 0 radical (unpaired) electrons. The first-order valence-corrected chi connectivity index (χ1v) is 10.9. The standard InChI is InChI=1S/C24H43N/c1-5-9-14-21(7-3)18-24(25,19-22(8-4)15-10-6-2)20-23-16-12-11-13-17-23/h11-13,16-17,21-22H,5-10,14-15,18-20,25H2,1-4H3. The lowest BCUT2D eigenvalue weighted by Crippen LogP contribution is -2.45. The van der Waals surface area contributed by atoms with Gasteiger partial charge in [0.1, 0.15) is 0 Å². The highest BCUT2D eigenvalue weighted by Gasteiger charge is 2.31. The molecule has 1 heteroatoms. The quantitative estimate of drug-likeness (QED) is 0.381. The Kier molecular flexibility index (Phi) is 11.1. The predicted octanol–water partition coefficient (Wildman–Crippen LogP) is 7.14. The SMILES string of the molecule is CCCCC(CC)CC(N)(Cc1ccccc1)CC(CC)CCCC. The third kappa shape index (κ3) is 8.90. The third-order valence-electron chi connectivity index (χ3n) is 5.88. The highest BCUT2D eigenvalue weighted by atomic mass is 14.7. The number of hydrogen-bond acceptors (Lipinski definition) is 1. The van der Waals surface area contributed by atoms with Crippen molar-refractivity contribution >= 4 is 0 Å². The summed E-state index contributed by atoms with van der Waals surface area (Å²) in [5, 5.41) is 0. The van der Waals surface area contributed by atoms with E-state index in [0.717, 1.165) is 18.3 Å². The Hall–Kier alpha value is -0.820. The van der Waals surface area contributed by atoms with Gasteiger partial charge in [0.05, 0.1) is 0 Å². The van der Waals surface area contributed by atoms with Gasteiger partial charge in [0.2, 0.25) is 0 Å². The second-order valence-corrected chi connectivity index (χ2v) is 8.27. The van der Waals surface area contributed by atoms with E-state index in [1.54, 1.807) is 0 Å². The molecule has 2 unspecified atom stereocenters. The zero-order chi connectivity index (χ0) is 18.5. The zero-order valence-electron chi connectivity index (χ0n) is 17.4. The minimum absolute atomic E-state index is 0.0514. The van der Waals surface area contributed by atoms with Gasteiger partial charge in [-0.05, 0) is 36.7 Å². The van der Waals surface area contributed by atoms with Crippen LogP contribution in [-0.4, -0.2) is 5.54 Å². The van der Waals surface area contributed by atoms with Gasteiger partial charge in [0.15, 0.2) is 0 Å². The van der Waals surface area contributed by atoms with Gasteiger partial charge in [-0.2, -0.15) is 0 Å². The summed E-state index contributed by atoms with van der Waals surface area (Å²) in [5.74, 6) is 1.55. The topological polar surface area (TPSA) is 26.0 Å². The molecule has 25 heavy (non-hydrogen) atoms. The zero-order valence-corrected chi connectivity index (χ0v) is 17.4. The van der Waals surface area contributed by atoms with Crippen molar-refractivity contribution in [2.24, 2.45) is 17.6 Å². The summed E-state index contributed by atoms with van der Waals surface area (Å²) in [5.41, 5.74) is 8.48. The van der Waals surface area contributed by atoms with Crippen LogP contribution in [0.2, 0.25) is 0 Å². The van der Waals surface area contributed by atoms with Crippen molar-refractivity contribution in [3.8, 4) is 0 Å². The molecule has 0 aliphatic heterocycles. The fraction of sp³-hybridized carbons (Fsp3) is 0.750. The van der Waals surface area contributed by atoms with Crippen molar-refractivity contribution in [3.05, 3.63) is 35.9 Å². The molecule has 0 spiro atoms. The van der Waals surface area contributed by atoms with Crippen LogP contribution in [0.4, 0.5) is 0 Å². The van der Waals surface area contributed by atoms with Crippen molar-refractivity contribution in [3.63, 3.8) is 0 Å². The van der Waals surface area contributed by atoms with Gasteiger partial charge in [-0.25, -0.2) is 0 Å². The molecule has 144 valence electrons. The van der Waals surface area contributed by atoms with Gasteiger partial charge < -0.3 is 5.73 Å². The first kappa shape index (κ1) is 22.2. The van der Waals surface area contributed by atoms with Crippen molar-refractivity contribution in [1.82, 2.24) is 0 Å². The maximum atomic E-state index is 7.13. The van der Waals surface area contributed by atoms with Crippen LogP contribution in [0, 0.1) is 11.8 Å². The van der Waals surface area contributed by atoms with E-state index in [0.29, 0.717) is 0 Å². The first-order chi connectivity index (χ1) is 12.1. The van der Waals surface area contributed by atoms with Gasteiger partial charge in [-0.3, -0.25) is 0 Å². The molecular weight excluding hydrogens is 302 g/mol. The van der Waals surface area contributed by atoms with Gasteiger partial charge in [0, 0.05) is 5.54 Å². The highest BCUT2D eigenvalue weighted by molar-refractivity contribution is 5.18. The van der Waals surface area contributed by atoms with Gasteiger partial charge in [0.25, 0.3) is 0 Å². The summed E-state index contributed by atoms with van der Waals surface area (Å²) in [6.07, 6.45) is 13.9. The van der Waals surface area contributed by atoms with E-state index in [1.165, 1.54) is 69.8 Å². The van der Waals surface area contributed by atoms with E-state index in [2.05, 4.69) is 58.0 Å². The molecule has 0 bridgehead atoms. The number of unbranched alkanes of at least 4 members (excludes halogenated alkanes) is 2. The van der Waals surface area contributed by atoms with Gasteiger partial charge >= 0.3 is 0 Å². The van der Waals surface area contributed by atoms with E-state index in [-0.39, 0.29) is 5.54 Å². The second-order valence-electron chi connectivity index (χ2n) is 8.27. The summed E-state index contributed by atoms with van der Waals surface area (Å²) in [6.45, 7) is 9.28. The summed E-state index contributed by atoms with van der Waals surface area (Å²) in [4.78, 5) is 0. The number of rotatable bonds is 14. The van der Waals surface area contributed by atoms with Crippen LogP contribution in [0.25, 0.3) is 0 Å². The van der Waals surface area contributed by atoms with Gasteiger partial charge in [-0.15, -0.1) is 0 Å². The largest absolute Gasteiger partial charge is 0.325 e. The summed E-state index contributed by atoms with van der Waals surface area (Å²) in [6, 6.07) is 10.9. The number of benzene rings is 1. The lowest BCUT2D eigenvalue weighted by molar-refractivity contribution is 0.228. The summed E-state index contributed by atoms with van der Waals surface area (Å²) < 4.78 is 0. The molecule has 0 aromatic heterocycles. The average molecular weight is 346 g/mol. The first-order valence-electron chi connectivity index (χ1n) is 10.9. The normalized spacial score (nSPS) is 16.4. The van der Waals surface area contributed by atoms with E-state index in [9.17, 15) is 0 Å². The second kappa shape index (κ2) is 12.5. The molecule has 0 aliphatic rings. The third-order valence-corrected chi connectivity index (χ3v) is 5.88. The Balaban J connectivity index is 2.86. The Bertz CT molecular complexity index is 407. The number of hydrogen-bond donors (Lipinski definition) is 1. The Morgan fingerprint density at radius 1 is 0.800 bits per heavy atom. The number of nitrogens with two attached hydrogens (primary N) is 1. The lowest BCUT2D eigenvalue weighted by Gasteiger charge is -2.36. The van der Waals surface area contributed by atoms with Gasteiger partial charge in [-0.1, -0.05) is 109 Å². The van der Waals surface area contributed by atoms with E-state index in [1.807, 2.05) is 0 Å². The monoisotopic (exact) mass is 345 g/mol. The predicted molar refractivity (Wildman–Crippen MR) is 113 cm³/mol. The maximum Gasteiger partial charge on any atom is 0.0200 e. The molecule has 1 nitrogen and oxygen atoms in total. The smallest absolute Gasteiger partial charge is 0.0200 e. The molecule has 1 aromatic carbocycles. The van der Waals surface area contributed by atoms with Crippen LogP contribution in [0.15, 0.2) is 30.3 Å². The molecule has 0 saturated carbocycles. The molecule has 2 atom stereocenters. The van der Waals surface area contributed by atoms with Crippen LogP contribution in [-0.2, 0) is 6.42 Å². The molecule has 0 fully saturated rings. The Morgan fingerprint density at radius 3 is 1.68 bits per heavy atom. The Morgan fingerprint density at radius 2 is 1.28 bits per heavy atom. The molecule has 0 aliphatic carbocycles. The lowest BCUT2D eigenvalue weighted by atomic mass is 9.74. The van der Waals surface area contributed by atoms with Crippen LogP contribution in [0.5, 0.6) is 0 Å². The molecule has 0 saturated heterocycles. The van der Waals surface area contributed by atoms with Crippen molar-refractivity contribution in [1.29, 1.82) is 0 Å². The van der Waals surface area contributed by atoms with Crippen LogP contribution < -0.4 is 5.73 Å². The summed E-state index contributed by atoms with van der Waals surface area (Å²) >= 11 is 0. The van der Waals surface area contributed by atoms with Crippen LogP contribution in [0.3, 0.4) is 0 Å². The van der Waals surface area contributed by atoms with E-state index < -0.39 is 0 Å². The van der Waals surface area contributed by atoms with Crippen LogP contribution >= 0.6 is 0 Å². The van der Waals surface area contributed by atoms with E-state index >= 15 is 0 Å². The molecule has 1 rings (SSSR count). The minimum atomic E-state index is -0.0514. The molecule has 0 amide bonds. The van der Waals surface area contributed by atoms with E-state index in [4.69, 9.17) is 5.73 Å². The Labute approximate surface area is 157 Å². The summed E-state index contributed by atoms with van der Waals surface area (Å²) in [7, 11) is 0. The highest BCUT2D eigenvalue weighted by Crippen LogP contribution is 2.33. The minimum Gasteiger partial charge on any atom is -0.325 e. The van der Waals surface area contributed by atoms with Crippen molar-refractivity contribution in [2.75, 3.05) is 0 Å². The fourth-order valence-corrected chi connectivity index (χ4v) is 4.27. The average Bonchev–Trinajstić information content (AvgIpc) is 2.63. The molecule has 2 N–H and O–H groups in total. The maximum absolute atomic E-state index is 7.13. The molecule has 1 aromatic rings. The van der Waals surface area contributed by atoms with Crippen molar-refractivity contribution in [2.45, 2.75) is 104 Å². The van der Waals surface area contributed by atoms with Crippen molar-refractivity contribution < 1.29 is 0 Å². The molecular formula is C24H43N. The fourth-order valence-electron chi connectivity index (χ4n) is 4.27. The van der Waals surface area contributed by atoms with Crippen LogP contribution in [0.1, 0.15) is 97.5 Å².